The van der Waals surface area contributed by atoms with Crippen molar-refractivity contribution in [1.82, 2.24) is 24.6 Å². The first-order valence-electron chi connectivity index (χ1n) is 13.7. The predicted octanol–water partition coefficient (Wildman–Crippen LogP) is 4.10. The molecule has 0 spiro atoms. The molecule has 0 atom stereocenters. The molecule has 1 aliphatic rings. The maximum atomic E-state index is 12.3. The van der Waals surface area contributed by atoms with Crippen LogP contribution in [-0.4, -0.2) is 78.1 Å². The largest absolute Gasteiger partial charge is 0.494 e. The van der Waals surface area contributed by atoms with Gasteiger partial charge in [0.05, 0.1) is 44.5 Å². The standard InChI is InChI=1S/C30H34N8O3/c1-5-28(39)32-23-17-24(26(40-4)18-25(23)37-13-15-41-16-14-37)33-30-31-12-11-27(34-30)38-20-22(19-36(2)3)29(35-38)21-9-7-6-8-10-21/h5-12,17-18,20H,1,13-16,19H2,2-4H3,(H,32,39)(H,31,33,34)/i20D. The number of rotatable bonds is 10. The number of hydrogen-bond acceptors (Lipinski definition) is 9. The highest BCUT2D eigenvalue weighted by atomic mass is 16.5. The van der Waals surface area contributed by atoms with E-state index >= 15 is 0 Å². The predicted molar refractivity (Wildman–Crippen MR) is 160 cm³/mol. The van der Waals surface area contributed by atoms with Crippen molar-refractivity contribution in [3.05, 3.63) is 79.1 Å². The van der Waals surface area contributed by atoms with Gasteiger partial charge in [0.15, 0.2) is 5.82 Å². The van der Waals surface area contributed by atoms with Crippen molar-refractivity contribution in [2.45, 2.75) is 6.54 Å². The van der Waals surface area contributed by atoms with E-state index in [9.17, 15) is 4.79 Å². The minimum atomic E-state index is -0.330. The monoisotopic (exact) mass is 555 g/mol. The Bertz CT molecular complexity index is 1570. The van der Waals surface area contributed by atoms with Gasteiger partial charge in [0.25, 0.3) is 0 Å². The van der Waals surface area contributed by atoms with Crippen LogP contribution in [0.15, 0.2) is 73.6 Å². The van der Waals surface area contributed by atoms with Gasteiger partial charge in [-0.05, 0) is 26.2 Å². The summed E-state index contributed by atoms with van der Waals surface area (Å²) in [4.78, 5) is 25.5. The molecular formula is C30H34N8O3. The molecule has 5 rings (SSSR count). The van der Waals surface area contributed by atoms with Crippen molar-refractivity contribution < 1.29 is 15.6 Å². The molecule has 3 heterocycles. The van der Waals surface area contributed by atoms with Crippen molar-refractivity contribution in [3.63, 3.8) is 0 Å². The van der Waals surface area contributed by atoms with E-state index in [0.29, 0.717) is 55.8 Å². The van der Waals surface area contributed by atoms with Gasteiger partial charge in [-0.15, -0.1) is 0 Å². The highest BCUT2D eigenvalue weighted by Crippen LogP contribution is 2.38. The fraction of sp³-hybridized carbons (Fsp3) is 0.267. The first-order chi connectivity index (χ1) is 20.4. The van der Waals surface area contributed by atoms with Gasteiger partial charge in [0.2, 0.25) is 11.9 Å². The van der Waals surface area contributed by atoms with E-state index in [2.05, 4.69) is 32.1 Å². The number of methoxy groups -OCH3 is 1. The molecule has 1 saturated heterocycles. The Kier molecular flexibility index (Phi) is 8.15. The molecule has 1 amide bonds. The molecule has 0 unspecified atom stereocenters. The maximum absolute atomic E-state index is 12.3. The van der Waals surface area contributed by atoms with Crippen molar-refractivity contribution in [2.24, 2.45) is 0 Å². The zero-order chi connectivity index (χ0) is 29.6. The summed E-state index contributed by atoms with van der Waals surface area (Å²) in [6, 6.07) is 15.2. The Balaban J connectivity index is 1.52. The molecule has 0 saturated carbocycles. The van der Waals surface area contributed by atoms with Crippen molar-refractivity contribution in [1.29, 1.82) is 0 Å². The molecule has 2 N–H and O–H groups in total. The first-order valence-corrected chi connectivity index (χ1v) is 13.2. The SMILES string of the molecule is [2H]c1c(CN(C)C)c(-c2ccccc2)nn1-c1ccnc(Nc2cc(NC(=O)C=C)c(N3CCOCC3)cc2OC)n1. The Hall–Kier alpha value is -4.74. The molecule has 11 heteroatoms. The minimum absolute atomic E-state index is 0.245. The first kappa shape index (κ1) is 26.5. The number of carbonyl (C=O) groups excluding carboxylic acids is 1. The number of nitrogens with zero attached hydrogens (tertiary/aromatic N) is 6. The van der Waals surface area contributed by atoms with E-state index in [1.807, 2.05) is 55.4 Å². The maximum Gasteiger partial charge on any atom is 0.247 e. The molecule has 0 radical (unpaired) electrons. The summed E-state index contributed by atoms with van der Waals surface area (Å²) in [6.45, 7) is 6.66. The van der Waals surface area contributed by atoms with E-state index < -0.39 is 0 Å². The fourth-order valence-corrected chi connectivity index (χ4v) is 4.56. The van der Waals surface area contributed by atoms with Crippen LogP contribution < -0.4 is 20.3 Å². The third-order valence-electron chi connectivity index (χ3n) is 6.47. The van der Waals surface area contributed by atoms with Crippen LogP contribution in [0.1, 0.15) is 6.93 Å². The molecule has 2 aromatic heterocycles. The number of anilines is 4. The summed E-state index contributed by atoms with van der Waals surface area (Å²) >= 11 is 0. The van der Waals surface area contributed by atoms with Crippen LogP contribution in [0.2, 0.25) is 0 Å². The molecule has 0 aliphatic carbocycles. The summed E-state index contributed by atoms with van der Waals surface area (Å²) < 4.78 is 21.7. The smallest absolute Gasteiger partial charge is 0.247 e. The van der Waals surface area contributed by atoms with E-state index in [0.717, 1.165) is 22.5 Å². The van der Waals surface area contributed by atoms with Gasteiger partial charge in [-0.25, -0.2) is 9.67 Å². The highest BCUT2D eigenvalue weighted by molar-refractivity contribution is 6.02. The number of hydrogen-bond donors (Lipinski definition) is 2. The zero-order valence-corrected chi connectivity index (χ0v) is 23.4. The second kappa shape index (κ2) is 12.6. The number of amides is 1. The van der Waals surface area contributed by atoms with Crippen LogP contribution in [-0.2, 0) is 16.1 Å². The van der Waals surface area contributed by atoms with Crippen LogP contribution in [0.3, 0.4) is 0 Å². The van der Waals surface area contributed by atoms with Crippen LogP contribution >= 0.6 is 0 Å². The topological polar surface area (TPSA) is 110 Å². The molecule has 1 aliphatic heterocycles. The van der Waals surface area contributed by atoms with Gasteiger partial charge < -0.3 is 29.9 Å². The minimum Gasteiger partial charge on any atom is -0.494 e. The Labute approximate surface area is 240 Å². The summed E-state index contributed by atoms with van der Waals surface area (Å²) in [6.07, 6.45) is 3.08. The van der Waals surface area contributed by atoms with E-state index in [1.54, 1.807) is 25.4 Å². The molecule has 1 fully saturated rings. The number of carbonyl (C=O) groups is 1. The van der Waals surface area contributed by atoms with Gasteiger partial charge >= 0.3 is 0 Å². The number of morpholine rings is 1. The fourth-order valence-electron chi connectivity index (χ4n) is 4.56. The molecular weight excluding hydrogens is 520 g/mol. The van der Waals surface area contributed by atoms with E-state index in [-0.39, 0.29) is 18.0 Å². The molecule has 4 aromatic rings. The Morgan fingerprint density at radius 3 is 2.68 bits per heavy atom. The van der Waals surface area contributed by atoms with Crippen LogP contribution in [0.25, 0.3) is 17.1 Å². The third-order valence-corrected chi connectivity index (χ3v) is 6.47. The van der Waals surface area contributed by atoms with Crippen LogP contribution in [0.4, 0.5) is 23.0 Å². The van der Waals surface area contributed by atoms with Crippen LogP contribution in [0, 0.1) is 0 Å². The van der Waals surface area contributed by atoms with Gasteiger partial charge in [-0.1, -0.05) is 36.9 Å². The zero-order valence-electron chi connectivity index (χ0n) is 24.4. The van der Waals surface area contributed by atoms with Gasteiger partial charge in [0.1, 0.15) is 5.75 Å². The summed E-state index contributed by atoms with van der Waals surface area (Å²) in [5.41, 5.74) is 4.39. The lowest BCUT2D eigenvalue weighted by atomic mass is 10.1. The highest BCUT2D eigenvalue weighted by Gasteiger charge is 2.20. The number of aromatic nitrogens is 4. The normalized spacial score (nSPS) is 13.6. The Morgan fingerprint density at radius 2 is 1.98 bits per heavy atom. The summed E-state index contributed by atoms with van der Waals surface area (Å²) in [5, 5.41) is 10.9. The second-order valence-electron chi connectivity index (χ2n) is 9.68. The van der Waals surface area contributed by atoms with Crippen molar-refractivity contribution in [2.75, 3.05) is 63.0 Å². The van der Waals surface area contributed by atoms with Crippen molar-refractivity contribution in [3.8, 4) is 22.8 Å². The molecule has 212 valence electrons. The average Bonchev–Trinajstić information content (AvgIpc) is 3.33. The average molecular weight is 556 g/mol. The summed E-state index contributed by atoms with van der Waals surface area (Å²) in [7, 11) is 5.50. The quantitative estimate of drug-likeness (QED) is 0.280. The second-order valence-corrected chi connectivity index (χ2v) is 9.68. The number of ether oxygens (including phenoxy) is 2. The molecule has 41 heavy (non-hydrogen) atoms. The lowest BCUT2D eigenvalue weighted by Crippen LogP contribution is -2.36. The lowest BCUT2D eigenvalue weighted by Gasteiger charge is -2.31. The summed E-state index contributed by atoms with van der Waals surface area (Å²) in [5.74, 6) is 0.922. The van der Waals surface area contributed by atoms with Crippen LogP contribution in [0.5, 0.6) is 5.75 Å². The molecule has 11 nitrogen and oxygen atoms in total. The number of benzene rings is 2. The van der Waals surface area contributed by atoms with Gasteiger partial charge in [-0.2, -0.15) is 10.1 Å². The van der Waals surface area contributed by atoms with Gasteiger partial charge in [0, 0.05) is 55.3 Å². The van der Waals surface area contributed by atoms with Gasteiger partial charge in [-0.3, -0.25) is 4.79 Å². The number of nitrogens with one attached hydrogen (secondary N) is 2. The lowest BCUT2D eigenvalue weighted by molar-refractivity contribution is -0.111. The van der Waals surface area contributed by atoms with E-state index in [4.69, 9.17) is 15.9 Å². The van der Waals surface area contributed by atoms with E-state index in [1.165, 1.54) is 10.8 Å². The van der Waals surface area contributed by atoms with Crippen molar-refractivity contribution >= 4 is 28.9 Å². The third kappa shape index (κ3) is 6.53. The molecule has 0 bridgehead atoms. The molecule has 2 aromatic carbocycles. The Morgan fingerprint density at radius 1 is 1.20 bits per heavy atom.